The van der Waals surface area contributed by atoms with Crippen molar-refractivity contribution in [2.24, 2.45) is 0 Å². The molecule has 1 amide bonds. The average molecular weight is 420 g/mol. The largest absolute Gasteiger partial charge is 0.486 e. The molecule has 8 nitrogen and oxygen atoms in total. The maximum Gasteiger partial charge on any atom is 0.262 e. The molecular formula is C20H24N2O6S. The van der Waals surface area contributed by atoms with Gasteiger partial charge in [0.05, 0.1) is 4.90 Å². The first-order valence-corrected chi connectivity index (χ1v) is 10.8. The average Bonchev–Trinajstić information content (AvgIpc) is 2.73. The number of carbonyl (C=O) groups is 1. The number of sulfonamides is 1. The van der Waals surface area contributed by atoms with Crippen LogP contribution in [0.1, 0.15) is 13.8 Å². The Morgan fingerprint density at radius 2 is 1.69 bits per heavy atom. The number of ether oxygens (including phenoxy) is 3. The molecule has 2 aromatic rings. The van der Waals surface area contributed by atoms with Gasteiger partial charge in [-0.25, -0.2) is 8.42 Å². The fourth-order valence-electron chi connectivity index (χ4n) is 2.89. The second-order valence-corrected chi connectivity index (χ2v) is 8.19. The maximum absolute atomic E-state index is 12.5. The van der Waals surface area contributed by atoms with Gasteiger partial charge >= 0.3 is 0 Å². The van der Waals surface area contributed by atoms with Crippen LogP contribution in [0.25, 0.3) is 0 Å². The van der Waals surface area contributed by atoms with Crippen molar-refractivity contribution in [3.8, 4) is 17.2 Å². The molecule has 156 valence electrons. The van der Waals surface area contributed by atoms with E-state index in [-0.39, 0.29) is 17.4 Å². The highest BCUT2D eigenvalue weighted by Crippen LogP contribution is 2.32. The number of benzene rings is 2. The molecule has 0 saturated heterocycles. The lowest BCUT2D eigenvalue weighted by Crippen LogP contribution is -2.30. The number of fused-ring (bicyclic) bond motifs is 1. The monoisotopic (exact) mass is 420 g/mol. The minimum atomic E-state index is -3.52. The van der Waals surface area contributed by atoms with Crippen molar-refractivity contribution in [3.05, 3.63) is 42.5 Å². The molecule has 29 heavy (non-hydrogen) atoms. The number of amides is 1. The molecule has 0 bridgehead atoms. The van der Waals surface area contributed by atoms with E-state index >= 15 is 0 Å². The predicted molar refractivity (Wildman–Crippen MR) is 108 cm³/mol. The van der Waals surface area contributed by atoms with Crippen molar-refractivity contribution in [1.82, 2.24) is 4.31 Å². The van der Waals surface area contributed by atoms with Gasteiger partial charge in [0.1, 0.15) is 19.0 Å². The molecule has 0 aromatic heterocycles. The number of nitrogens with one attached hydrogen (secondary N) is 1. The van der Waals surface area contributed by atoms with Crippen LogP contribution in [0.2, 0.25) is 0 Å². The Labute approximate surface area is 170 Å². The van der Waals surface area contributed by atoms with E-state index < -0.39 is 10.0 Å². The molecule has 1 heterocycles. The van der Waals surface area contributed by atoms with Gasteiger partial charge in [-0.3, -0.25) is 4.79 Å². The first kappa shape index (κ1) is 20.9. The summed E-state index contributed by atoms with van der Waals surface area (Å²) in [5.41, 5.74) is 0.573. The van der Waals surface area contributed by atoms with Crippen LogP contribution in [0.5, 0.6) is 17.2 Å². The lowest BCUT2D eigenvalue weighted by Gasteiger charge is -2.19. The highest BCUT2D eigenvalue weighted by Gasteiger charge is 2.21. The van der Waals surface area contributed by atoms with E-state index in [0.29, 0.717) is 49.2 Å². The van der Waals surface area contributed by atoms with E-state index in [1.54, 1.807) is 32.0 Å². The third-order valence-corrected chi connectivity index (χ3v) is 6.43. The van der Waals surface area contributed by atoms with Crippen molar-refractivity contribution >= 4 is 21.6 Å². The van der Waals surface area contributed by atoms with Gasteiger partial charge < -0.3 is 19.5 Å². The Balaban J connectivity index is 1.57. The van der Waals surface area contributed by atoms with E-state index in [0.717, 1.165) is 0 Å². The van der Waals surface area contributed by atoms with Gasteiger partial charge in [0, 0.05) is 24.8 Å². The summed E-state index contributed by atoms with van der Waals surface area (Å²) in [6.07, 6.45) is 0. The molecule has 0 atom stereocenters. The summed E-state index contributed by atoms with van der Waals surface area (Å²) in [5.74, 6) is 1.28. The smallest absolute Gasteiger partial charge is 0.262 e. The number of anilines is 1. The number of hydrogen-bond donors (Lipinski definition) is 1. The van der Waals surface area contributed by atoms with Crippen LogP contribution in [0, 0.1) is 0 Å². The molecule has 2 aromatic carbocycles. The summed E-state index contributed by atoms with van der Waals surface area (Å²) in [5, 5.41) is 2.73. The maximum atomic E-state index is 12.5. The third-order valence-electron chi connectivity index (χ3n) is 4.36. The van der Waals surface area contributed by atoms with E-state index in [9.17, 15) is 13.2 Å². The van der Waals surface area contributed by atoms with Crippen molar-refractivity contribution in [1.29, 1.82) is 0 Å². The Bertz CT molecular complexity index is 955. The van der Waals surface area contributed by atoms with Crippen LogP contribution in [-0.4, -0.2) is 51.5 Å². The van der Waals surface area contributed by atoms with Gasteiger partial charge in [-0.2, -0.15) is 4.31 Å². The standard InChI is InChI=1S/C20H24N2O6S/c1-3-22(4-2)29(24,25)17-8-6-16(7-9-17)28-14-20(23)21-15-5-10-18-19(13-15)27-12-11-26-18/h5-10,13H,3-4,11-12,14H2,1-2H3,(H,21,23). The molecular weight excluding hydrogens is 396 g/mol. The zero-order valence-corrected chi connectivity index (χ0v) is 17.2. The van der Waals surface area contributed by atoms with Crippen LogP contribution in [0.15, 0.2) is 47.4 Å². The summed E-state index contributed by atoms with van der Waals surface area (Å²) in [6.45, 7) is 5.14. The van der Waals surface area contributed by atoms with Crippen LogP contribution in [0.4, 0.5) is 5.69 Å². The highest BCUT2D eigenvalue weighted by molar-refractivity contribution is 7.89. The SMILES string of the molecule is CCN(CC)S(=O)(=O)c1ccc(OCC(=O)Nc2ccc3c(c2)OCCO3)cc1. The van der Waals surface area contributed by atoms with Crippen LogP contribution >= 0.6 is 0 Å². The molecule has 1 N–H and O–H groups in total. The van der Waals surface area contributed by atoms with Gasteiger partial charge in [-0.05, 0) is 36.4 Å². The Kier molecular flexibility index (Phi) is 6.60. The predicted octanol–water partition coefficient (Wildman–Crippen LogP) is 2.51. The van der Waals surface area contributed by atoms with Crippen molar-refractivity contribution < 1.29 is 27.4 Å². The molecule has 0 fully saturated rings. The summed E-state index contributed by atoms with van der Waals surface area (Å²) < 4.78 is 42.7. The quantitative estimate of drug-likeness (QED) is 0.705. The molecule has 0 aliphatic carbocycles. The second-order valence-electron chi connectivity index (χ2n) is 6.26. The highest BCUT2D eigenvalue weighted by atomic mass is 32.2. The van der Waals surface area contributed by atoms with Crippen molar-refractivity contribution in [2.75, 3.05) is 38.2 Å². The van der Waals surface area contributed by atoms with Crippen LogP contribution in [0.3, 0.4) is 0 Å². The Morgan fingerprint density at radius 3 is 2.34 bits per heavy atom. The fourth-order valence-corrected chi connectivity index (χ4v) is 4.35. The number of rotatable bonds is 8. The molecule has 0 saturated carbocycles. The summed E-state index contributed by atoms with van der Waals surface area (Å²) in [4.78, 5) is 12.3. The zero-order chi connectivity index (χ0) is 20.9. The summed E-state index contributed by atoms with van der Waals surface area (Å²) in [7, 11) is -3.52. The lowest BCUT2D eigenvalue weighted by molar-refractivity contribution is -0.118. The Morgan fingerprint density at radius 1 is 1.03 bits per heavy atom. The van der Waals surface area contributed by atoms with Gasteiger partial charge in [0.15, 0.2) is 18.1 Å². The minimum Gasteiger partial charge on any atom is -0.486 e. The van der Waals surface area contributed by atoms with Gasteiger partial charge in [-0.15, -0.1) is 0 Å². The summed E-state index contributed by atoms with van der Waals surface area (Å²) in [6, 6.07) is 11.2. The summed E-state index contributed by atoms with van der Waals surface area (Å²) >= 11 is 0. The molecule has 1 aliphatic heterocycles. The second kappa shape index (κ2) is 9.15. The van der Waals surface area contributed by atoms with Crippen LogP contribution in [-0.2, 0) is 14.8 Å². The molecule has 0 spiro atoms. The van der Waals surface area contributed by atoms with Crippen molar-refractivity contribution in [2.45, 2.75) is 18.7 Å². The minimum absolute atomic E-state index is 0.189. The van der Waals surface area contributed by atoms with Crippen LogP contribution < -0.4 is 19.5 Å². The Hall–Kier alpha value is -2.78. The first-order chi connectivity index (χ1) is 13.9. The van der Waals surface area contributed by atoms with Gasteiger partial charge in [0.2, 0.25) is 10.0 Å². The zero-order valence-electron chi connectivity index (χ0n) is 16.4. The molecule has 1 aliphatic rings. The number of hydrogen-bond acceptors (Lipinski definition) is 6. The first-order valence-electron chi connectivity index (χ1n) is 9.36. The van der Waals surface area contributed by atoms with Gasteiger partial charge in [-0.1, -0.05) is 13.8 Å². The van der Waals surface area contributed by atoms with E-state index in [1.165, 1.54) is 28.6 Å². The van der Waals surface area contributed by atoms with E-state index in [1.807, 2.05) is 0 Å². The molecule has 0 unspecified atom stereocenters. The molecule has 3 rings (SSSR count). The van der Waals surface area contributed by atoms with Gasteiger partial charge in [0.25, 0.3) is 5.91 Å². The number of carbonyl (C=O) groups excluding carboxylic acids is 1. The number of nitrogens with zero attached hydrogens (tertiary/aromatic N) is 1. The molecule has 0 radical (unpaired) electrons. The topological polar surface area (TPSA) is 94.2 Å². The lowest BCUT2D eigenvalue weighted by atomic mass is 10.2. The van der Waals surface area contributed by atoms with E-state index in [2.05, 4.69) is 5.32 Å². The van der Waals surface area contributed by atoms with Crippen molar-refractivity contribution in [3.63, 3.8) is 0 Å². The normalized spacial score (nSPS) is 13.2. The molecule has 9 heteroatoms. The fraction of sp³-hybridized carbons (Fsp3) is 0.350. The van der Waals surface area contributed by atoms with E-state index in [4.69, 9.17) is 14.2 Å². The third kappa shape index (κ3) is 4.99.